The van der Waals surface area contributed by atoms with Crippen molar-refractivity contribution < 1.29 is 0 Å². The zero-order valence-electron chi connectivity index (χ0n) is 45.9. The zero-order chi connectivity index (χ0) is 52.6. The van der Waals surface area contributed by atoms with Gasteiger partial charge in [0.25, 0.3) is 0 Å². The topological polar surface area (TPSA) is 0 Å². The van der Waals surface area contributed by atoms with Crippen LogP contribution in [-0.4, -0.2) is 0 Å². The van der Waals surface area contributed by atoms with Gasteiger partial charge in [-0.05, 0) is 236 Å². The van der Waals surface area contributed by atoms with Crippen LogP contribution in [0.15, 0.2) is 188 Å². The maximum absolute atomic E-state index is 2.71. The van der Waals surface area contributed by atoms with Gasteiger partial charge in [-0.15, -0.1) is 0 Å². The van der Waals surface area contributed by atoms with Crippen LogP contribution < -0.4 is 0 Å². The molecule has 0 atom stereocenters. The SMILES string of the molecule is CC(C)(C)c1cc2c3c(c1)c1c4ccccc4c4ccccc4c1c1ccc4c5ccccc5c5c6ccc(C(C)(C)C)cc6c6c(c-2cc2c7c8ccccc8c8ccccc8c7c7ccc(C(C)(C)C)cc7c26)c5c4c13. The lowest BCUT2D eigenvalue weighted by atomic mass is 9.77. The highest BCUT2D eigenvalue weighted by Crippen LogP contribution is 2.59. The Balaban J connectivity index is 1.30. The van der Waals surface area contributed by atoms with E-state index < -0.39 is 0 Å². The van der Waals surface area contributed by atoms with Gasteiger partial charge >= 0.3 is 0 Å². The van der Waals surface area contributed by atoms with Gasteiger partial charge < -0.3 is 0 Å². The fraction of sp³-hybridized carbons (Fsp3) is 0.154. The molecule has 0 aliphatic heterocycles. The predicted octanol–water partition coefficient (Wildman–Crippen LogP) is 22.9. The molecule has 0 spiro atoms. The highest BCUT2D eigenvalue weighted by molar-refractivity contribution is 6.54. The van der Waals surface area contributed by atoms with E-state index in [0.717, 1.165) is 0 Å². The molecule has 0 heterocycles. The van der Waals surface area contributed by atoms with E-state index in [1.807, 2.05) is 0 Å². The summed E-state index contributed by atoms with van der Waals surface area (Å²) in [7, 11) is 0. The summed E-state index contributed by atoms with van der Waals surface area (Å²) in [4.78, 5) is 0. The third-order valence-electron chi connectivity index (χ3n) is 18.8. The van der Waals surface area contributed by atoms with Gasteiger partial charge in [-0.2, -0.15) is 0 Å². The molecular formula is C78H58. The second-order valence-electron chi connectivity index (χ2n) is 26.2. The Morgan fingerprint density at radius 1 is 0.167 bits per heavy atom. The first kappa shape index (κ1) is 44.5. The molecule has 16 aromatic rings. The summed E-state index contributed by atoms with van der Waals surface area (Å²) in [6.45, 7) is 21.5. The molecule has 370 valence electrons. The third kappa shape index (κ3) is 5.55. The molecule has 0 radical (unpaired) electrons. The standard InChI is InChI=1S/C78H58/c1-76(2,3)41-30-32-55-58(36-41)69-63(68-52-28-18-13-22-46(52)44-20-10-15-25-49(44)64(55)68)40-61-60-38-43(78(7,8)9)39-62-67-51-27-17-12-23-47(51)45-21-11-16-26-50(45)66(67)57-35-34-54-48-24-14-19-29-53(48)65-56-33-31-42(77(4,5)6)37-59(56)73(69)74(61)75(65)71(54)72(57)70(60)62/h10-40H,1-9H3. The molecule has 0 nitrogen and oxygen atoms in total. The predicted molar refractivity (Wildman–Crippen MR) is 344 cm³/mol. The molecule has 0 heteroatoms. The van der Waals surface area contributed by atoms with Crippen LogP contribution in [0.3, 0.4) is 0 Å². The van der Waals surface area contributed by atoms with Gasteiger partial charge in [0.1, 0.15) is 0 Å². The van der Waals surface area contributed by atoms with Crippen molar-refractivity contribution in [1.82, 2.24) is 0 Å². The van der Waals surface area contributed by atoms with Gasteiger partial charge in [-0.1, -0.05) is 220 Å². The smallest absolute Gasteiger partial charge is 0.0000926 e. The minimum atomic E-state index is -0.157. The van der Waals surface area contributed by atoms with Crippen molar-refractivity contribution in [3.63, 3.8) is 0 Å². The van der Waals surface area contributed by atoms with Gasteiger partial charge in [0, 0.05) is 0 Å². The van der Waals surface area contributed by atoms with Crippen molar-refractivity contribution in [1.29, 1.82) is 0 Å². The van der Waals surface area contributed by atoms with E-state index in [2.05, 4.69) is 250 Å². The summed E-state index contributed by atoms with van der Waals surface area (Å²) in [5.41, 5.74) is 6.37. The van der Waals surface area contributed by atoms with E-state index in [1.165, 1.54) is 189 Å². The van der Waals surface area contributed by atoms with Crippen molar-refractivity contribution in [2.45, 2.75) is 78.6 Å². The minimum absolute atomic E-state index is 0.0779. The largest absolute Gasteiger partial charge is 0.0616 e. The fourth-order valence-corrected chi connectivity index (χ4v) is 15.2. The Kier molecular flexibility index (Phi) is 8.40. The summed E-state index contributed by atoms with van der Waals surface area (Å²) in [5, 5.41) is 39.9. The molecule has 17 rings (SSSR count). The second-order valence-corrected chi connectivity index (χ2v) is 26.2. The molecule has 0 aromatic heterocycles. The van der Waals surface area contributed by atoms with Crippen LogP contribution >= 0.6 is 0 Å². The van der Waals surface area contributed by atoms with Crippen LogP contribution in [0.4, 0.5) is 0 Å². The molecule has 0 bridgehead atoms. The summed E-state index contributed by atoms with van der Waals surface area (Å²) in [5.74, 6) is 0. The third-order valence-corrected chi connectivity index (χ3v) is 18.8. The molecule has 16 aromatic carbocycles. The van der Waals surface area contributed by atoms with E-state index in [9.17, 15) is 0 Å². The molecule has 0 saturated heterocycles. The van der Waals surface area contributed by atoms with Crippen molar-refractivity contribution in [3.05, 3.63) is 205 Å². The van der Waals surface area contributed by atoms with Crippen molar-refractivity contribution in [3.8, 4) is 11.1 Å². The lowest BCUT2D eigenvalue weighted by Crippen LogP contribution is -2.11. The Labute approximate surface area is 453 Å². The van der Waals surface area contributed by atoms with Gasteiger partial charge in [0.15, 0.2) is 0 Å². The van der Waals surface area contributed by atoms with Crippen LogP contribution in [0.2, 0.25) is 0 Å². The van der Waals surface area contributed by atoms with Gasteiger partial charge in [-0.25, -0.2) is 0 Å². The van der Waals surface area contributed by atoms with Gasteiger partial charge in [0.2, 0.25) is 0 Å². The number of fused-ring (bicyclic) bond motifs is 27. The van der Waals surface area contributed by atoms with Crippen LogP contribution in [0, 0.1) is 0 Å². The van der Waals surface area contributed by atoms with Crippen LogP contribution in [0.5, 0.6) is 0 Å². The fourth-order valence-electron chi connectivity index (χ4n) is 15.2. The molecular weight excluding hydrogens is 937 g/mol. The number of hydrogen-bond acceptors (Lipinski definition) is 0. The van der Waals surface area contributed by atoms with Crippen molar-refractivity contribution in [2.75, 3.05) is 0 Å². The second kappa shape index (κ2) is 14.7. The molecule has 0 N–H and O–H groups in total. The van der Waals surface area contributed by atoms with Gasteiger partial charge in [-0.3, -0.25) is 0 Å². The highest BCUT2D eigenvalue weighted by atomic mass is 14.3. The zero-order valence-corrected chi connectivity index (χ0v) is 45.9. The van der Waals surface area contributed by atoms with Crippen molar-refractivity contribution >= 4 is 162 Å². The first-order valence-electron chi connectivity index (χ1n) is 28.3. The Bertz CT molecular complexity index is 5530. The first-order chi connectivity index (χ1) is 37.6. The minimum Gasteiger partial charge on any atom is -0.0616 e. The average molecular weight is 995 g/mol. The van der Waals surface area contributed by atoms with E-state index in [0.29, 0.717) is 0 Å². The monoisotopic (exact) mass is 994 g/mol. The summed E-state index contributed by atoms with van der Waals surface area (Å²) >= 11 is 0. The maximum atomic E-state index is 2.71. The highest BCUT2D eigenvalue weighted by Gasteiger charge is 2.32. The molecule has 1 aliphatic rings. The molecule has 0 fully saturated rings. The van der Waals surface area contributed by atoms with Crippen LogP contribution in [0.1, 0.15) is 79.0 Å². The Hall–Kier alpha value is -8.58. The lowest BCUT2D eigenvalue weighted by molar-refractivity contribution is 0.591. The van der Waals surface area contributed by atoms with E-state index >= 15 is 0 Å². The first-order valence-corrected chi connectivity index (χ1v) is 28.3. The molecule has 1 aliphatic carbocycles. The van der Waals surface area contributed by atoms with Crippen molar-refractivity contribution in [2.24, 2.45) is 0 Å². The number of benzene rings is 16. The normalized spacial score (nSPS) is 13.4. The molecule has 78 heavy (non-hydrogen) atoms. The summed E-state index contributed by atoms with van der Waals surface area (Å²) in [6.07, 6.45) is 0. The Morgan fingerprint density at radius 3 is 0.897 bits per heavy atom. The Morgan fingerprint density at radius 2 is 0.436 bits per heavy atom. The van der Waals surface area contributed by atoms with E-state index in [4.69, 9.17) is 0 Å². The van der Waals surface area contributed by atoms with E-state index in [1.54, 1.807) is 0 Å². The molecule has 0 amide bonds. The van der Waals surface area contributed by atoms with E-state index in [-0.39, 0.29) is 16.2 Å². The average Bonchev–Trinajstić information content (AvgIpc) is 3.52. The molecule has 0 unspecified atom stereocenters. The lowest BCUT2D eigenvalue weighted by Gasteiger charge is -2.26. The number of rotatable bonds is 0. The maximum Gasteiger partial charge on any atom is -0.0000926 e. The van der Waals surface area contributed by atoms with Gasteiger partial charge in [0.05, 0.1) is 0 Å². The molecule has 0 saturated carbocycles. The van der Waals surface area contributed by atoms with Crippen LogP contribution in [0.25, 0.3) is 173 Å². The number of hydrogen-bond donors (Lipinski definition) is 0. The summed E-state index contributed by atoms with van der Waals surface area (Å²) in [6, 6.07) is 74.3. The quantitative estimate of drug-likeness (QED) is 0.133. The summed E-state index contributed by atoms with van der Waals surface area (Å²) < 4.78 is 0. The van der Waals surface area contributed by atoms with Crippen LogP contribution in [-0.2, 0) is 16.2 Å².